The van der Waals surface area contributed by atoms with E-state index < -0.39 is 0 Å². The van der Waals surface area contributed by atoms with E-state index in [2.05, 4.69) is 51.2 Å². The molecule has 1 aliphatic rings. The molecule has 0 bridgehead atoms. The third kappa shape index (κ3) is 7.24. The number of aromatic amines is 1. The van der Waals surface area contributed by atoms with Crippen molar-refractivity contribution in [1.82, 2.24) is 30.0 Å². The topological polar surface area (TPSA) is 103 Å². The molecule has 11 heteroatoms. The number of benzene rings is 1. The summed E-state index contributed by atoms with van der Waals surface area (Å²) in [6.45, 7) is 10.5. The molecule has 1 aromatic carbocycles. The number of aromatic nitrogens is 4. The van der Waals surface area contributed by atoms with Crippen LogP contribution in [0.15, 0.2) is 40.4 Å². The van der Waals surface area contributed by atoms with Crippen LogP contribution < -0.4 is 15.0 Å². The molecule has 1 atom stereocenters. The van der Waals surface area contributed by atoms with Crippen LogP contribution >= 0.6 is 11.8 Å². The first-order valence-corrected chi connectivity index (χ1v) is 13.7. The highest BCUT2D eigenvalue weighted by Crippen LogP contribution is 2.38. The molecule has 4 rings (SSSR count). The first-order valence-electron chi connectivity index (χ1n) is 12.9. The quantitative estimate of drug-likeness (QED) is 0.352. The van der Waals surface area contributed by atoms with Gasteiger partial charge in [0.2, 0.25) is 5.75 Å². The standard InChI is InChI=1S/C27H38N8O2S/c1-18-15-23(32-31-18)28-25-24(37-6)26(35-14-13-34(19(2)17-35)12-11-33(4)5)30-27(29-25)38-22-9-7-21(8-10-22)16-20(3)36/h7-10,15,19H,11-14,16-17H2,1-6H3,(H2,28,29,30,31,32). The molecule has 38 heavy (non-hydrogen) atoms. The second-order valence-electron chi connectivity index (χ2n) is 10.0. The lowest BCUT2D eigenvalue weighted by Crippen LogP contribution is -2.53. The summed E-state index contributed by atoms with van der Waals surface area (Å²) in [5.74, 6) is 2.75. The van der Waals surface area contributed by atoms with E-state index in [1.807, 2.05) is 37.3 Å². The van der Waals surface area contributed by atoms with Gasteiger partial charge in [-0.2, -0.15) is 5.10 Å². The van der Waals surface area contributed by atoms with E-state index in [4.69, 9.17) is 14.7 Å². The van der Waals surface area contributed by atoms with Crippen molar-refractivity contribution >= 4 is 35.0 Å². The number of Topliss-reactive ketones (excluding diaryl/α,β-unsaturated/α-hetero) is 1. The molecule has 0 radical (unpaired) electrons. The summed E-state index contributed by atoms with van der Waals surface area (Å²) in [6.07, 6.45) is 0.435. The van der Waals surface area contributed by atoms with Crippen molar-refractivity contribution in [2.75, 3.05) is 64.1 Å². The Morgan fingerprint density at radius 3 is 2.61 bits per heavy atom. The Bertz CT molecular complexity index is 1230. The van der Waals surface area contributed by atoms with Crippen molar-refractivity contribution in [3.8, 4) is 5.75 Å². The number of hydrogen-bond donors (Lipinski definition) is 2. The monoisotopic (exact) mass is 538 g/mol. The lowest BCUT2D eigenvalue weighted by Gasteiger charge is -2.41. The van der Waals surface area contributed by atoms with E-state index in [-0.39, 0.29) is 5.78 Å². The fourth-order valence-corrected chi connectivity index (χ4v) is 5.22. The molecule has 2 aromatic heterocycles. The lowest BCUT2D eigenvalue weighted by molar-refractivity contribution is -0.116. The van der Waals surface area contributed by atoms with Gasteiger partial charge in [-0.25, -0.2) is 9.97 Å². The zero-order valence-corrected chi connectivity index (χ0v) is 23.9. The normalized spacial score (nSPS) is 16.2. The van der Waals surface area contributed by atoms with Gasteiger partial charge in [-0.05, 0) is 64.3 Å². The number of rotatable bonds is 11. The largest absolute Gasteiger partial charge is 0.490 e. The summed E-state index contributed by atoms with van der Waals surface area (Å²) in [6, 6.07) is 10.3. The van der Waals surface area contributed by atoms with Crippen molar-refractivity contribution < 1.29 is 9.53 Å². The van der Waals surface area contributed by atoms with Gasteiger partial charge in [0, 0.05) is 61.8 Å². The number of carbonyl (C=O) groups is 1. The highest BCUT2D eigenvalue weighted by molar-refractivity contribution is 7.99. The molecular formula is C27H38N8O2S. The SMILES string of the molecule is COc1c(Nc2cc(C)[nH]n2)nc(Sc2ccc(CC(C)=O)cc2)nc1N1CCN(CCN(C)C)C(C)C1. The first-order chi connectivity index (χ1) is 18.2. The Hall–Kier alpha value is -3.15. The molecular weight excluding hydrogens is 500 g/mol. The smallest absolute Gasteiger partial charge is 0.204 e. The number of methoxy groups -OCH3 is 1. The van der Waals surface area contributed by atoms with Crippen molar-refractivity contribution in [2.24, 2.45) is 0 Å². The average Bonchev–Trinajstić information content (AvgIpc) is 3.28. The minimum absolute atomic E-state index is 0.147. The van der Waals surface area contributed by atoms with Crippen LogP contribution in [0.25, 0.3) is 0 Å². The van der Waals surface area contributed by atoms with Gasteiger partial charge < -0.3 is 19.9 Å². The third-order valence-electron chi connectivity index (χ3n) is 6.47. The minimum atomic E-state index is 0.147. The Morgan fingerprint density at radius 1 is 1.24 bits per heavy atom. The number of ketones is 1. The fraction of sp³-hybridized carbons (Fsp3) is 0.481. The maximum atomic E-state index is 11.5. The van der Waals surface area contributed by atoms with Gasteiger partial charge in [0.25, 0.3) is 0 Å². The molecule has 0 saturated carbocycles. The van der Waals surface area contributed by atoms with Gasteiger partial charge in [0.05, 0.1) is 7.11 Å². The van der Waals surface area contributed by atoms with Crippen LogP contribution in [-0.4, -0.2) is 95.7 Å². The van der Waals surface area contributed by atoms with E-state index in [0.717, 1.165) is 54.7 Å². The Kier molecular flexibility index (Phi) is 9.24. The van der Waals surface area contributed by atoms with E-state index in [1.54, 1.807) is 14.0 Å². The number of nitrogens with zero attached hydrogens (tertiary/aromatic N) is 6. The van der Waals surface area contributed by atoms with Crippen LogP contribution in [0.3, 0.4) is 0 Å². The number of piperazine rings is 1. The summed E-state index contributed by atoms with van der Waals surface area (Å²) in [7, 11) is 5.87. The Labute approximate surface area is 229 Å². The average molecular weight is 539 g/mol. The van der Waals surface area contributed by atoms with Crippen molar-refractivity contribution in [2.45, 2.75) is 43.3 Å². The van der Waals surface area contributed by atoms with Crippen LogP contribution in [0.2, 0.25) is 0 Å². The number of aryl methyl sites for hydroxylation is 1. The second kappa shape index (κ2) is 12.6. The lowest BCUT2D eigenvalue weighted by atomic mass is 10.1. The third-order valence-corrected chi connectivity index (χ3v) is 7.34. The molecule has 10 nitrogen and oxygen atoms in total. The molecule has 2 N–H and O–H groups in total. The Morgan fingerprint density at radius 2 is 2.00 bits per heavy atom. The molecule has 1 fully saturated rings. The summed E-state index contributed by atoms with van der Waals surface area (Å²) in [5.41, 5.74) is 1.94. The molecule has 3 aromatic rings. The first kappa shape index (κ1) is 27.9. The van der Waals surface area contributed by atoms with Gasteiger partial charge in [-0.1, -0.05) is 12.1 Å². The van der Waals surface area contributed by atoms with Crippen LogP contribution in [0, 0.1) is 6.92 Å². The van der Waals surface area contributed by atoms with Gasteiger partial charge in [-0.15, -0.1) is 0 Å². The fourth-order valence-electron chi connectivity index (χ4n) is 4.47. The van der Waals surface area contributed by atoms with E-state index >= 15 is 0 Å². The second-order valence-corrected chi connectivity index (χ2v) is 11.1. The maximum absolute atomic E-state index is 11.5. The summed E-state index contributed by atoms with van der Waals surface area (Å²) in [4.78, 5) is 29.3. The molecule has 1 unspecified atom stereocenters. The van der Waals surface area contributed by atoms with E-state index in [0.29, 0.717) is 35.0 Å². The van der Waals surface area contributed by atoms with Gasteiger partial charge in [0.1, 0.15) is 5.78 Å². The van der Waals surface area contributed by atoms with Gasteiger partial charge in [-0.3, -0.25) is 14.8 Å². The van der Waals surface area contributed by atoms with Crippen LogP contribution in [0.1, 0.15) is 25.1 Å². The van der Waals surface area contributed by atoms with Crippen LogP contribution in [0.4, 0.5) is 17.5 Å². The number of H-pyrrole nitrogens is 1. The predicted octanol–water partition coefficient (Wildman–Crippen LogP) is 3.62. The van der Waals surface area contributed by atoms with Crippen LogP contribution in [0.5, 0.6) is 5.75 Å². The molecule has 0 aliphatic carbocycles. The number of likely N-dealkylation sites (N-methyl/N-ethyl adjacent to an activating group) is 1. The summed E-state index contributed by atoms with van der Waals surface area (Å²) >= 11 is 1.48. The summed E-state index contributed by atoms with van der Waals surface area (Å²) < 4.78 is 5.88. The summed E-state index contributed by atoms with van der Waals surface area (Å²) in [5, 5.41) is 11.2. The number of hydrogen-bond acceptors (Lipinski definition) is 10. The van der Waals surface area contributed by atoms with E-state index in [9.17, 15) is 4.79 Å². The minimum Gasteiger partial charge on any atom is -0.490 e. The molecule has 1 saturated heterocycles. The number of anilines is 3. The molecule has 1 aliphatic heterocycles. The number of nitrogens with one attached hydrogen (secondary N) is 2. The Balaban J connectivity index is 1.63. The zero-order valence-electron chi connectivity index (χ0n) is 23.1. The molecule has 3 heterocycles. The number of carbonyl (C=O) groups excluding carboxylic acids is 1. The highest BCUT2D eigenvalue weighted by atomic mass is 32.2. The molecule has 0 spiro atoms. The van der Waals surface area contributed by atoms with Gasteiger partial charge >= 0.3 is 0 Å². The van der Waals surface area contributed by atoms with Crippen molar-refractivity contribution in [3.05, 3.63) is 41.6 Å². The highest BCUT2D eigenvalue weighted by Gasteiger charge is 2.28. The van der Waals surface area contributed by atoms with E-state index in [1.165, 1.54) is 11.8 Å². The van der Waals surface area contributed by atoms with Gasteiger partial charge in [0.15, 0.2) is 22.6 Å². The zero-order chi connectivity index (χ0) is 27.2. The molecule has 0 amide bonds. The molecule has 204 valence electrons. The maximum Gasteiger partial charge on any atom is 0.204 e. The number of ether oxygens (including phenoxy) is 1. The van der Waals surface area contributed by atoms with Crippen molar-refractivity contribution in [3.63, 3.8) is 0 Å². The van der Waals surface area contributed by atoms with Crippen molar-refractivity contribution in [1.29, 1.82) is 0 Å². The van der Waals surface area contributed by atoms with Crippen LogP contribution in [-0.2, 0) is 11.2 Å². The predicted molar refractivity (Wildman–Crippen MR) is 152 cm³/mol.